The van der Waals surface area contributed by atoms with Crippen LogP contribution in [0.4, 0.5) is 14.5 Å². The maximum Gasteiger partial charge on any atom is 0.277 e. The second kappa shape index (κ2) is 7.19. The number of likely N-dealkylation sites (N-methyl/N-ethyl adjacent to an activating group) is 1. The molecule has 0 unspecified atom stereocenters. The van der Waals surface area contributed by atoms with Crippen LogP contribution < -0.4 is 10.1 Å². The van der Waals surface area contributed by atoms with Crippen molar-refractivity contribution in [2.45, 2.75) is 20.0 Å². The number of carbonyl (C=O) groups is 2. The summed E-state index contributed by atoms with van der Waals surface area (Å²) in [6, 6.07) is 9.91. The van der Waals surface area contributed by atoms with Gasteiger partial charge < -0.3 is 10.1 Å². The van der Waals surface area contributed by atoms with Crippen LogP contribution in [0.25, 0.3) is 5.57 Å². The Morgan fingerprint density at radius 1 is 0.963 bits per heavy atom. The molecule has 1 aliphatic heterocycles. The van der Waals surface area contributed by atoms with Crippen LogP contribution in [0.2, 0.25) is 0 Å². The first kappa shape index (κ1) is 18.6. The van der Waals surface area contributed by atoms with E-state index in [0.717, 1.165) is 17.0 Å². The summed E-state index contributed by atoms with van der Waals surface area (Å²) >= 11 is 0. The van der Waals surface area contributed by atoms with Crippen LogP contribution in [0.5, 0.6) is 5.75 Å². The van der Waals surface area contributed by atoms with Crippen LogP contribution in [-0.4, -0.2) is 29.9 Å². The summed E-state index contributed by atoms with van der Waals surface area (Å²) in [5, 5.41) is 2.74. The monoisotopic (exact) mass is 372 g/mol. The highest BCUT2D eigenvalue weighted by molar-refractivity contribution is 6.36. The highest BCUT2D eigenvalue weighted by Gasteiger charge is 2.36. The zero-order chi connectivity index (χ0) is 19.7. The van der Waals surface area contributed by atoms with E-state index in [4.69, 9.17) is 4.74 Å². The van der Waals surface area contributed by atoms with E-state index in [9.17, 15) is 18.4 Å². The molecule has 0 aromatic heterocycles. The summed E-state index contributed by atoms with van der Waals surface area (Å²) in [5.41, 5.74) is 0.839. The lowest BCUT2D eigenvalue weighted by atomic mass is 10.0. The third-order valence-electron chi connectivity index (χ3n) is 3.99. The van der Waals surface area contributed by atoms with Crippen molar-refractivity contribution in [1.82, 2.24) is 4.90 Å². The number of nitrogens with zero attached hydrogens (tertiary/aromatic N) is 1. The molecule has 0 bridgehead atoms. The summed E-state index contributed by atoms with van der Waals surface area (Å²) in [7, 11) is 1.36. The van der Waals surface area contributed by atoms with Crippen molar-refractivity contribution >= 4 is 23.1 Å². The number of hydrogen-bond acceptors (Lipinski definition) is 4. The number of halogens is 2. The molecule has 0 spiro atoms. The lowest BCUT2D eigenvalue weighted by molar-refractivity contribution is -0.135. The molecule has 0 saturated heterocycles. The van der Waals surface area contributed by atoms with Crippen molar-refractivity contribution in [3.63, 3.8) is 0 Å². The highest BCUT2D eigenvalue weighted by Crippen LogP contribution is 2.31. The van der Waals surface area contributed by atoms with Crippen LogP contribution in [-0.2, 0) is 9.59 Å². The van der Waals surface area contributed by atoms with Crippen LogP contribution in [0.3, 0.4) is 0 Å². The first-order valence-corrected chi connectivity index (χ1v) is 8.33. The van der Waals surface area contributed by atoms with Gasteiger partial charge in [0, 0.05) is 18.8 Å². The van der Waals surface area contributed by atoms with Crippen molar-refractivity contribution in [1.29, 1.82) is 0 Å². The number of rotatable bonds is 5. The van der Waals surface area contributed by atoms with Gasteiger partial charge in [0.25, 0.3) is 11.8 Å². The molecule has 27 heavy (non-hydrogen) atoms. The molecule has 2 aromatic carbocycles. The summed E-state index contributed by atoms with van der Waals surface area (Å²) < 4.78 is 32.2. The van der Waals surface area contributed by atoms with Crippen molar-refractivity contribution < 1.29 is 23.1 Å². The van der Waals surface area contributed by atoms with E-state index >= 15 is 0 Å². The third-order valence-corrected chi connectivity index (χ3v) is 3.99. The summed E-state index contributed by atoms with van der Waals surface area (Å²) in [6.45, 7) is 3.79. The quantitative estimate of drug-likeness (QED) is 0.815. The minimum Gasteiger partial charge on any atom is -0.491 e. The third kappa shape index (κ3) is 3.67. The molecule has 0 atom stereocenters. The molecule has 0 saturated carbocycles. The smallest absolute Gasteiger partial charge is 0.277 e. The average Bonchev–Trinajstić information content (AvgIpc) is 2.83. The topological polar surface area (TPSA) is 58.6 Å². The molecular weight excluding hydrogens is 354 g/mol. The van der Waals surface area contributed by atoms with Gasteiger partial charge in [-0.2, -0.15) is 0 Å². The molecule has 2 amide bonds. The SMILES string of the molecule is CC(C)Oc1ccc(C2=C(Nc3ccc(F)c(F)c3)C(=O)N(C)C2=O)cc1. The van der Waals surface area contributed by atoms with Crippen molar-refractivity contribution in [3.05, 3.63) is 65.4 Å². The Kier molecular flexibility index (Phi) is 4.94. The molecule has 1 heterocycles. The van der Waals surface area contributed by atoms with Crippen molar-refractivity contribution in [2.75, 3.05) is 12.4 Å². The van der Waals surface area contributed by atoms with E-state index in [0.29, 0.717) is 11.3 Å². The lowest BCUT2D eigenvalue weighted by Gasteiger charge is -2.11. The van der Waals surface area contributed by atoms with Gasteiger partial charge in [-0.15, -0.1) is 0 Å². The molecule has 5 nitrogen and oxygen atoms in total. The van der Waals surface area contributed by atoms with Crippen molar-refractivity contribution in [3.8, 4) is 5.75 Å². The number of nitrogens with one attached hydrogen (secondary N) is 1. The van der Waals surface area contributed by atoms with E-state index < -0.39 is 23.4 Å². The predicted molar refractivity (Wildman–Crippen MR) is 96.9 cm³/mol. The first-order chi connectivity index (χ1) is 12.8. The Labute approximate surface area is 155 Å². The Balaban J connectivity index is 2.00. The predicted octanol–water partition coefficient (Wildman–Crippen LogP) is 3.57. The Hall–Kier alpha value is -3.22. The standard InChI is InChI=1S/C20H18F2N2O3/c1-11(2)27-14-7-4-12(5-8-14)17-18(20(26)24(3)19(17)25)23-13-6-9-15(21)16(22)10-13/h4-11,23H,1-3H3. The van der Waals surface area contributed by atoms with Crippen LogP contribution in [0.1, 0.15) is 19.4 Å². The second-order valence-corrected chi connectivity index (χ2v) is 6.36. The molecule has 3 rings (SSSR count). The summed E-state index contributed by atoms with van der Waals surface area (Å²) in [5.74, 6) is -2.46. The molecule has 1 aliphatic rings. The second-order valence-electron chi connectivity index (χ2n) is 6.36. The molecule has 140 valence electrons. The van der Waals surface area contributed by atoms with E-state index in [1.807, 2.05) is 13.8 Å². The van der Waals surface area contributed by atoms with Gasteiger partial charge in [-0.1, -0.05) is 12.1 Å². The van der Waals surface area contributed by atoms with Crippen LogP contribution in [0.15, 0.2) is 48.2 Å². The minimum absolute atomic E-state index is 0.00138. The van der Waals surface area contributed by atoms with Gasteiger partial charge in [-0.3, -0.25) is 14.5 Å². The minimum atomic E-state index is -1.05. The Morgan fingerprint density at radius 2 is 1.63 bits per heavy atom. The van der Waals surface area contributed by atoms with E-state index in [-0.39, 0.29) is 23.1 Å². The van der Waals surface area contributed by atoms with Gasteiger partial charge in [-0.05, 0) is 43.7 Å². The fourth-order valence-corrected chi connectivity index (χ4v) is 2.72. The molecule has 0 fully saturated rings. The number of anilines is 1. The van der Waals surface area contributed by atoms with E-state index in [1.165, 1.54) is 13.1 Å². The van der Waals surface area contributed by atoms with E-state index in [2.05, 4.69) is 5.32 Å². The molecule has 0 aliphatic carbocycles. The van der Waals surface area contributed by atoms with Gasteiger partial charge in [0.05, 0.1) is 11.7 Å². The van der Waals surface area contributed by atoms with Gasteiger partial charge in [0.1, 0.15) is 11.4 Å². The highest BCUT2D eigenvalue weighted by atomic mass is 19.2. The largest absolute Gasteiger partial charge is 0.491 e. The van der Waals surface area contributed by atoms with Gasteiger partial charge >= 0.3 is 0 Å². The molecule has 1 N–H and O–H groups in total. The first-order valence-electron chi connectivity index (χ1n) is 8.33. The molecule has 0 radical (unpaired) electrons. The fraction of sp³-hybridized carbons (Fsp3) is 0.200. The molecular formula is C20H18F2N2O3. The lowest BCUT2D eigenvalue weighted by Crippen LogP contribution is -2.27. The Morgan fingerprint density at radius 3 is 2.22 bits per heavy atom. The Bertz CT molecular complexity index is 937. The number of carbonyl (C=O) groups excluding carboxylic acids is 2. The normalized spacial score (nSPS) is 14.4. The fourth-order valence-electron chi connectivity index (χ4n) is 2.72. The van der Waals surface area contributed by atoms with Crippen LogP contribution >= 0.6 is 0 Å². The van der Waals surface area contributed by atoms with Crippen LogP contribution in [0, 0.1) is 11.6 Å². The maximum absolute atomic E-state index is 13.5. The number of ether oxygens (including phenoxy) is 1. The zero-order valence-electron chi connectivity index (χ0n) is 15.0. The maximum atomic E-state index is 13.5. The van der Waals surface area contributed by atoms with E-state index in [1.54, 1.807) is 24.3 Å². The number of amides is 2. The average molecular weight is 372 g/mol. The van der Waals surface area contributed by atoms with Gasteiger partial charge in [-0.25, -0.2) is 8.78 Å². The van der Waals surface area contributed by atoms with Gasteiger partial charge in [0.15, 0.2) is 11.6 Å². The van der Waals surface area contributed by atoms with Crippen molar-refractivity contribution in [2.24, 2.45) is 0 Å². The number of imide groups is 1. The molecule has 2 aromatic rings. The summed E-state index contributed by atoms with van der Waals surface area (Å²) in [4.78, 5) is 26.0. The molecule has 7 heteroatoms. The zero-order valence-corrected chi connectivity index (χ0v) is 15.0. The number of hydrogen-bond donors (Lipinski definition) is 1. The summed E-state index contributed by atoms with van der Waals surface area (Å²) in [6.07, 6.45) is 0.00138. The number of benzene rings is 2. The van der Waals surface area contributed by atoms with Gasteiger partial charge in [0.2, 0.25) is 0 Å².